The molecule has 0 aromatic heterocycles. The molecule has 0 unspecified atom stereocenters. The van der Waals surface area contributed by atoms with Crippen molar-refractivity contribution in [1.82, 2.24) is 0 Å². The summed E-state index contributed by atoms with van der Waals surface area (Å²) in [5.41, 5.74) is -8.39. The minimum Gasteiger partial charge on any atom is -0.258 e. The molecule has 0 radical (unpaired) electrons. The van der Waals surface area contributed by atoms with Gasteiger partial charge in [0.15, 0.2) is 5.02 Å². The van der Waals surface area contributed by atoms with Crippen molar-refractivity contribution < 1.29 is 31.4 Å². The van der Waals surface area contributed by atoms with Crippen LogP contribution in [0.2, 0.25) is 5.02 Å². The Morgan fingerprint density at radius 3 is 1.65 bits per heavy atom. The first-order valence-corrected chi connectivity index (χ1v) is 6.19. The molecule has 1 rings (SSSR count). The van der Waals surface area contributed by atoms with E-state index in [2.05, 4.69) is 0 Å². The Hall–Kier alpha value is -1.95. The van der Waals surface area contributed by atoms with Gasteiger partial charge in [-0.2, -0.15) is 13.2 Å². The van der Waals surface area contributed by atoms with Crippen molar-refractivity contribution >= 4 is 32.8 Å². The normalized spacial score (nSPS) is 12.2. The number of hydrogen-bond donors (Lipinski definition) is 0. The van der Waals surface area contributed by atoms with E-state index in [4.69, 9.17) is 11.6 Å². The van der Waals surface area contributed by atoms with Crippen molar-refractivity contribution in [3.05, 3.63) is 37.4 Å². The summed E-state index contributed by atoms with van der Waals surface area (Å²) in [6.45, 7) is 0. The van der Waals surface area contributed by atoms with E-state index in [1.807, 2.05) is 0 Å². The van der Waals surface area contributed by atoms with Gasteiger partial charge in [0, 0.05) is 12.1 Å². The minimum absolute atomic E-state index is 0.0121. The Labute approximate surface area is 113 Å². The van der Waals surface area contributed by atoms with Crippen LogP contribution in [0.1, 0.15) is 0 Å². The molecule has 0 saturated carbocycles. The molecule has 110 valence electrons. The molecule has 0 fully saturated rings. The van der Waals surface area contributed by atoms with Crippen LogP contribution in [0.5, 0.6) is 0 Å². The molecule has 0 aliphatic carbocycles. The number of nitro benzene ring substituents is 2. The second kappa shape index (κ2) is 4.86. The quantitative estimate of drug-likeness (QED) is 0.618. The highest BCUT2D eigenvalue weighted by Gasteiger charge is 2.48. The molecule has 0 atom stereocenters. The first kappa shape index (κ1) is 16.1. The second-order valence-electron chi connectivity index (χ2n) is 3.24. The number of rotatable bonds is 3. The monoisotopic (exact) mass is 334 g/mol. The number of sulfone groups is 1. The van der Waals surface area contributed by atoms with E-state index in [1.165, 1.54) is 0 Å². The molecule has 0 spiro atoms. The summed E-state index contributed by atoms with van der Waals surface area (Å²) in [6, 6.07) is 0.0241. The lowest BCUT2D eigenvalue weighted by molar-refractivity contribution is -0.394. The zero-order chi connectivity index (χ0) is 15.9. The number of benzene rings is 1. The van der Waals surface area contributed by atoms with Crippen LogP contribution in [0, 0.1) is 20.2 Å². The van der Waals surface area contributed by atoms with Crippen molar-refractivity contribution in [3.8, 4) is 0 Å². The summed E-state index contributed by atoms with van der Waals surface area (Å²) in [7, 11) is -5.97. The van der Waals surface area contributed by atoms with Crippen LogP contribution >= 0.6 is 11.6 Å². The number of nitro groups is 2. The van der Waals surface area contributed by atoms with Crippen molar-refractivity contribution in [2.75, 3.05) is 0 Å². The van der Waals surface area contributed by atoms with Gasteiger partial charge in [-0.05, 0) is 0 Å². The zero-order valence-electron chi connectivity index (χ0n) is 8.92. The van der Waals surface area contributed by atoms with Crippen molar-refractivity contribution in [3.63, 3.8) is 0 Å². The number of hydrogen-bond acceptors (Lipinski definition) is 6. The number of nitrogens with zero attached hydrogens (tertiary/aromatic N) is 2. The molecule has 20 heavy (non-hydrogen) atoms. The van der Waals surface area contributed by atoms with E-state index >= 15 is 0 Å². The minimum atomic E-state index is -5.97. The maximum Gasteiger partial charge on any atom is 0.501 e. The van der Waals surface area contributed by atoms with Gasteiger partial charge in [-0.15, -0.1) is 0 Å². The lowest BCUT2D eigenvalue weighted by atomic mass is 10.3. The smallest absolute Gasteiger partial charge is 0.258 e. The van der Waals surface area contributed by atoms with Gasteiger partial charge in [-0.1, -0.05) is 11.6 Å². The summed E-state index contributed by atoms with van der Waals surface area (Å²) in [6.07, 6.45) is 0. The Balaban J connectivity index is 3.76. The van der Waals surface area contributed by atoms with Gasteiger partial charge in [0.25, 0.3) is 21.2 Å². The SMILES string of the molecule is O=[N+]([O-])c1cc(S(=O)(=O)C(F)(F)F)cc([N+](=O)[O-])c1Cl. The van der Waals surface area contributed by atoms with Crippen LogP contribution in [0.3, 0.4) is 0 Å². The Bertz CT molecular complexity index is 666. The average Bonchev–Trinajstić information content (AvgIpc) is 2.26. The molecule has 0 aliphatic rings. The number of halogens is 4. The van der Waals surface area contributed by atoms with Gasteiger partial charge in [-0.25, -0.2) is 8.42 Å². The van der Waals surface area contributed by atoms with E-state index in [0.29, 0.717) is 0 Å². The van der Waals surface area contributed by atoms with Crippen LogP contribution in [0.25, 0.3) is 0 Å². The van der Waals surface area contributed by atoms with Gasteiger partial charge in [-0.3, -0.25) is 20.2 Å². The number of alkyl halides is 3. The molecule has 0 heterocycles. The first-order chi connectivity index (χ1) is 8.89. The molecule has 0 amide bonds. The Morgan fingerprint density at radius 2 is 1.40 bits per heavy atom. The van der Waals surface area contributed by atoms with E-state index in [-0.39, 0.29) is 12.1 Å². The predicted octanol–water partition coefficient (Wildman–Crippen LogP) is 2.45. The van der Waals surface area contributed by atoms with Gasteiger partial charge < -0.3 is 0 Å². The molecule has 0 bridgehead atoms. The Kier molecular flexibility index (Phi) is 3.92. The Morgan fingerprint density at radius 1 is 1.05 bits per heavy atom. The second-order valence-corrected chi connectivity index (χ2v) is 5.56. The lowest BCUT2D eigenvalue weighted by Crippen LogP contribution is -2.23. The van der Waals surface area contributed by atoms with Gasteiger partial charge >= 0.3 is 5.51 Å². The first-order valence-electron chi connectivity index (χ1n) is 4.33. The standard InChI is InChI=1S/C7H2ClF3N2O6S/c8-6-4(12(14)15)1-3(2-5(6)13(16)17)20(18,19)7(9,10)11/h1-2H. The van der Waals surface area contributed by atoms with E-state index in [1.54, 1.807) is 0 Å². The topological polar surface area (TPSA) is 120 Å². The highest BCUT2D eigenvalue weighted by molar-refractivity contribution is 7.92. The van der Waals surface area contributed by atoms with Crippen LogP contribution in [0.15, 0.2) is 17.0 Å². The van der Waals surface area contributed by atoms with Gasteiger partial charge in [0.1, 0.15) is 0 Å². The van der Waals surface area contributed by atoms with Crippen molar-refractivity contribution in [2.45, 2.75) is 10.4 Å². The molecule has 1 aromatic rings. The van der Waals surface area contributed by atoms with Crippen LogP contribution in [-0.4, -0.2) is 23.8 Å². The van der Waals surface area contributed by atoms with E-state index < -0.39 is 46.5 Å². The summed E-state index contributed by atoms with van der Waals surface area (Å²) >= 11 is 5.28. The van der Waals surface area contributed by atoms with Crippen LogP contribution < -0.4 is 0 Å². The van der Waals surface area contributed by atoms with Gasteiger partial charge in [0.05, 0.1) is 14.7 Å². The fraction of sp³-hybridized carbons (Fsp3) is 0.143. The van der Waals surface area contributed by atoms with Gasteiger partial charge in [0.2, 0.25) is 0 Å². The largest absolute Gasteiger partial charge is 0.501 e. The third kappa shape index (κ3) is 2.65. The highest BCUT2D eigenvalue weighted by atomic mass is 35.5. The maximum atomic E-state index is 12.3. The fourth-order valence-corrected chi connectivity index (χ4v) is 2.17. The van der Waals surface area contributed by atoms with E-state index in [0.717, 1.165) is 0 Å². The summed E-state index contributed by atoms with van der Waals surface area (Å²) < 4.78 is 59.2. The zero-order valence-corrected chi connectivity index (χ0v) is 10.5. The lowest BCUT2D eigenvalue weighted by Gasteiger charge is -2.08. The molecule has 8 nitrogen and oxygen atoms in total. The maximum absolute atomic E-state index is 12.3. The summed E-state index contributed by atoms with van der Waals surface area (Å²) in [5.74, 6) is 0. The summed E-state index contributed by atoms with van der Waals surface area (Å²) in [5, 5.41) is 20.0. The third-order valence-corrected chi connectivity index (χ3v) is 3.87. The third-order valence-electron chi connectivity index (χ3n) is 2.02. The van der Waals surface area contributed by atoms with Crippen molar-refractivity contribution in [1.29, 1.82) is 0 Å². The predicted molar refractivity (Wildman–Crippen MR) is 58.0 cm³/mol. The molecule has 0 saturated heterocycles. The highest BCUT2D eigenvalue weighted by Crippen LogP contribution is 2.39. The molecule has 13 heteroatoms. The average molecular weight is 335 g/mol. The van der Waals surface area contributed by atoms with Crippen LogP contribution in [0.4, 0.5) is 24.5 Å². The molecular formula is C7H2ClF3N2O6S. The van der Waals surface area contributed by atoms with E-state index in [9.17, 15) is 41.8 Å². The fourth-order valence-electron chi connectivity index (χ4n) is 1.12. The molecular weight excluding hydrogens is 333 g/mol. The summed E-state index contributed by atoms with van der Waals surface area (Å²) in [4.78, 5) is 16.8. The molecule has 0 N–H and O–H groups in total. The van der Waals surface area contributed by atoms with Crippen LogP contribution in [-0.2, 0) is 9.84 Å². The van der Waals surface area contributed by atoms with Crippen molar-refractivity contribution in [2.24, 2.45) is 0 Å². The molecule has 0 aliphatic heterocycles. The molecule has 1 aromatic carbocycles.